The van der Waals surface area contributed by atoms with Crippen LogP contribution >= 0.6 is 11.6 Å². The van der Waals surface area contributed by atoms with E-state index in [1.54, 1.807) is 18.2 Å². The van der Waals surface area contributed by atoms with Gasteiger partial charge in [-0.2, -0.15) is 0 Å². The molecule has 6 heteroatoms. The maximum atomic E-state index is 12.6. The first-order valence-corrected chi connectivity index (χ1v) is 9.80. The normalized spacial score (nSPS) is 15.2. The number of halogens is 1. The van der Waals surface area contributed by atoms with Crippen LogP contribution in [0.4, 0.5) is 5.69 Å². The maximum absolute atomic E-state index is 12.6. The topological polar surface area (TPSA) is 58.6 Å². The van der Waals surface area contributed by atoms with Gasteiger partial charge in [-0.1, -0.05) is 41.4 Å². The van der Waals surface area contributed by atoms with E-state index in [1.807, 2.05) is 0 Å². The van der Waals surface area contributed by atoms with Crippen LogP contribution in [0.25, 0.3) is 0 Å². The van der Waals surface area contributed by atoms with Gasteiger partial charge in [0.2, 0.25) is 5.91 Å². The van der Waals surface area contributed by atoms with E-state index in [2.05, 4.69) is 41.4 Å². The van der Waals surface area contributed by atoms with Crippen molar-refractivity contribution >= 4 is 29.2 Å². The molecule has 0 spiro atoms. The molecule has 1 aliphatic rings. The second-order valence-electron chi connectivity index (χ2n) is 7.21. The average Bonchev–Trinajstić information content (AvgIpc) is 2.69. The maximum Gasteiger partial charge on any atom is 0.339 e. The molecule has 2 aromatic rings. The van der Waals surface area contributed by atoms with Crippen molar-refractivity contribution in [2.24, 2.45) is 5.92 Å². The van der Waals surface area contributed by atoms with Crippen LogP contribution in [-0.4, -0.2) is 37.0 Å². The highest BCUT2D eigenvalue weighted by atomic mass is 35.5. The molecule has 28 heavy (non-hydrogen) atoms. The van der Waals surface area contributed by atoms with Crippen LogP contribution in [0.15, 0.2) is 42.5 Å². The first kappa shape index (κ1) is 20.4. The van der Waals surface area contributed by atoms with Gasteiger partial charge in [-0.25, -0.2) is 4.79 Å². The van der Waals surface area contributed by atoms with Crippen molar-refractivity contribution < 1.29 is 14.3 Å². The molecule has 0 bridgehead atoms. The Balaban J connectivity index is 1.55. The van der Waals surface area contributed by atoms with Crippen molar-refractivity contribution in [3.63, 3.8) is 0 Å². The molecule has 5 nitrogen and oxygen atoms in total. The van der Waals surface area contributed by atoms with E-state index < -0.39 is 5.97 Å². The molecule has 1 saturated heterocycles. The van der Waals surface area contributed by atoms with Crippen molar-refractivity contribution in [3.8, 4) is 0 Å². The first-order valence-electron chi connectivity index (χ1n) is 9.43. The number of benzene rings is 2. The summed E-state index contributed by atoms with van der Waals surface area (Å²) in [5.74, 6) is -0.579. The first-order chi connectivity index (χ1) is 13.5. The Morgan fingerprint density at radius 3 is 2.61 bits per heavy atom. The third kappa shape index (κ3) is 5.12. The van der Waals surface area contributed by atoms with Gasteiger partial charge in [-0.3, -0.25) is 9.69 Å². The molecule has 0 aromatic heterocycles. The molecule has 0 radical (unpaired) electrons. The fraction of sp³-hybridized carbons (Fsp3) is 0.364. The number of nitrogens with one attached hydrogen (secondary N) is 1. The zero-order valence-electron chi connectivity index (χ0n) is 16.2. The van der Waals surface area contributed by atoms with Gasteiger partial charge >= 0.3 is 5.97 Å². The summed E-state index contributed by atoms with van der Waals surface area (Å²) in [6.45, 7) is 4.79. The number of methoxy groups -OCH3 is 1. The number of likely N-dealkylation sites (tertiary alicyclic amines) is 1. The van der Waals surface area contributed by atoms with E-state index in [-0.39, 0.29) is 17.4 Å². The number of nitrogens with zero attached hydrogens (tertiary/aromatic N) is 1. The van der Waals surface area contributed by atoms with Crippen molar-refractivity contribution in [2.75, 3.05) is 25.5 Å². The second-order valence-corrected chi connectivity index (χ2v) is 7.62. The highest BCUT2D eigenvalue weighted by Gasteiger charge is 2.25. The van der Waals surface area contributed by atoms with Gasteiger partial charge in [0.25, 0.3) is 0 Å². The number of rotatable bonds is 5. The molecule has 0 aliphatic carbocycles. The number of esters is 1. The summed E-state index contributed by atoms with van der Waals surface area (Å²) in [5, 5.41) is 3.21. The zero-order chi connectivity index (χ0) is 20.1. The highest BCUT2D eigenvalue weighted by Crippen LogP contribution is 2.24. The number of aryl methyl sites for hydroxylation is 1. The predicted octanol–water partition coefficient (Wildman–Crippen LogP) is 4.29. The molecule has 3 rings (SSSR count). The van der Waals surface area contributed by atoms with Crippen LogP contribution in [0, 0.1) is 12.8 Å². The molecule has 0 saturated carbocycles. The monoisotopic (exact) mass is 400 g/mol. The molecule has 2 aromatic carbocycles. The Labute approximate surface area is 170 Å². The van der Waals surface area contributed by atoms with Gasteiger partial charge in [0.1, 0.15) is 0 Å². The summed E-state index contributed by atoms with van der Waals surface area (Å²) in [6, 6.07) is 13.4. The van der Waals surface area contributed by atoms with E-state index in [1.165, 1.54) is 18.2 Å². The largest absolute Gasteiger partial charge is 0.465 e. The summed E-state index contributed by atoms with van der Waals surface area (Å²) in [5.41, 5.74) is 3.37. The molecular formula is C22H25ClN2O3. The van der Waals surface area contributed by atoms with Crippen LogP contribution in [0.2, 0.25) is 5.02 Å². The molecule has 148 valence electrons. The second kappa shape index (κ2) is 9.22. The Hall–Kier alpha value is -2.37. The minimum Gasteiger partial charge on any atom is -0.465 e. The Morgan fingerprint density at radius 2 is 1.93 bits per heavy atom. The minimum atomic E-state index is -0.523. The van der Waals surface area contributed by atoms with Gasteiger partial charge in [0.05, 0.1) is 17.7 Å². The van der Waals surface area contributed by atoms with E-state index >= 15 is 0 Å². The molecule has 1 fully saturated rings. The lowest BCUT2D eigenvalue weighted by Crippen LogP contribution is -2.37. The van der Waals surface area contributed by atoms with Gasteiger partial charge in [0, 0.05) is 18.2 Å². The van der Waals surface area contributed by atoms with E-state index in [0.29, 0.717) is 10.7 Å². The van der Waals surface area contributed by atoms with Crippen molar-refractivity contribution in [1.82, 2.24) is 4.90 Å². The summed E-state index contributed by atoms with van der Waals surface area (Å²) >= 11 is 6.03. The quantitative estimate of drug-likeness (QED) is 0.761. The minimum absolute atomic E-state index is 0.0201. The molecule has 1 heterocycles. The van der Waals surface area contributed by atoms with Gasteiger partial charge in [-0.05, 0) is 56.6 Å². The fourth-order valence-corrected chi connectivity index (χ4v) is 3.73. The molecule has 0 atom stereocenters. The number of hydrogen-bond donors (Lipinski definition) is 1. The standard InChI is InChI=1S/C22H25ClN2O3/c1-15-4-3-5-16(12-15)14-25-10-8-17(9-11-25)21(26)24-18-6-7-20(23)19(13-18)22(27)28-2/h3-7,12-13,17H,8-11,14H2,1-2H3,(H,24,26). The Morgan fingerprint density at radius 1 is 1.18 bits per heavy atom. The number of piperidine rings is 1. The molecule has 0 unspecified atom stereocenters. The van der Waals surface area contributed by atoms with Crippen molar-refractivity contribution in [2.45, 2.75) is 26.3 Å². The molecule has 1 amide bonds. The van der Waals surface area contributed by atoms with E-state index in [4.69, 9.17) is 16.3 Å². The summed E-state index contributed by atoms with van der Waals surface area (Å²) < 4.78 is 4.72. The number of anilines is 1. The van der Waals surface area contributed by atoms with E-state index in [9.17, 15) is 9.59 Å². The van der Waals surface area contributed by atoms with Crippen LogP contribution in [0.5, 0.6) is 0 Å². The lowest BCUT2D eigenvalue weighted by Gasteiger charge is -2.31. The third-order valence-corrected chi connectivity index (χ3v) is 5.42. The third-order valence-electron chi connectivity index (χ3n) is 5.09. The SMILES string of the molecule is COC(=O)c1cc(NC(=O)C2CCN(Cc3cccc(C)c3)CC2)ccc1Cl. The fourth-order valence-electron chi connectivity index (χ4n) is 3.54. The van der Waals surface area contributed by atoms with Gasteiger partial charge in [-0.15, -0.1) is 0 Å². The average molecular weight is 401 g/mol. The smallest absolute Gasteiger partial charge is 0.339 e. The Bertz CT molecular complexity index is 861. The zero-order valence-corrected chi connectivity index (χ0v) is 17.0. The van der Waals surface area contributed by atoms with Crippen LogP contribution in [-0.2, 0) is 16.1 Å². The molecular weight excluding hydrogens is 376 g/mol. The van der Waals surface area contributed by atoms with Crippen molar-refractivity contribution in [3.05, 3.63) is 64.2 Å². The van der Waals surface area contributed by atoms with Crippen LogP contribution in [0.3, 0.4) is 0 Å². The molecule has 1 N–H and O–H groups in total. The highest BCUT2D eigenvalue weighted by molar-refractivity contribution is 6.33. The molecule has 1 aliphatic heterocycles. The lowest BCUT2D eigenvalue weighted by atomic mass is 9.95. The predicted molar refractivity (Wildman–Crippen MR) is 111 cm³/mol. The number of carbonyl (C=O) groups excluding carboxylic acids is 2. The van der Waals surface area contributed by atoms with Gasteiger partial charge < -0.3 is 10.1 Å². The number of carbonyl (C=O) groups is 2. The number of amides is 1. The summed E-state index contributed by atoms with van der Waals surface area (Å²) in [6.07, 6.45) is 1.63. The number of ether oxygens (including phenoxy) is 1. The van der Waals surface area contributed by atoms with Crippen LogP contribution in [0.1, 0.15) is 34.3 Å². The lowest BCUT2D eigenvalue weighted by molar-refractivity contribution is -0.121. The Kier molecular flexibility index (Phi) is 6.70. The van der Waals surface area contributed by atoms with Gasteiger partial charge in [0.15, 0.2) is 0 Å². The van der Waals surface area contributed by atoms with Crippen LogP contribution < -0.4 is 5.32 Å². The van der Waals surface area contributed by atoms with Crippen molar-refractivity contribution in [1.29, 1.82) is 0 Å². The van der Waals surface area contributed by atoms with E-state index in [0.717, 1.165) is 32.5 Å². The number of hydrogen-bond acceptors (Lipinski definition) is 4. The summed E-state index contributed by atoms with van der Waals surface area (Å²) in [4.78, 5) is 26.8. The summed E-state index contributed by atoms with van der Waals surface area (Å²) in [7, 11) is 1.30.